The third-order valence-corrected chi connectivity index (χ3v) is 2.91. The van der Waals surface area contributed by atoms with Crippen molar-refractivity contribution in [2.24, 2.45) is 0 Å². The third kappa shape index (κ3) is 4.40. The van der Waals surface area contributed by atoms with Crippen LogP contribution >= 0.6 is 0 Å². The number of benzene rings is 1. The number of amides is 1. The molecule has 0 unspecified atom stereocenters. The molecular weight excluding hydrogens is 224 g/mol. The summed E-state index contributed by atoms with van der Waals surface area (Å²) in [5.74, 6) is 0.0478. The number of carbonyl (C=O) groups is 1. The first kappa shape index (κ1) is 14.6. The summed E-state index contributed by atoms with van der Waals surface area (Å²) in [6.45, 7) is 3.14. The number of hydrogen-bond donors (Lipinski definition) is 1. The van der Waals surface area contributed by atoms with Gasteiger partial charge in [0.1, 0.15) is 0 Å². The summed E-state index contributed by atoms with van der Waals surface area (Å²) in [6, 6.07) is 7.70. The molecule has 18 heavy (non-hydrogen) atoms. The minimum absolute atomic E-state index is 0.0478. The molecule has 0 radical (unpaired) electrons. The molecule has 100 valence electrons. The van der Waals surface area contributed by atoms with E-state index in [1.165, 1.54) is 19.3 Å². The average molecular weight is 248 g/mol. The Morgan fingerprint density at radius 2 is 1.89 bits per heavy atom. The van der Waals surface area contributed by atoms with Crippen LogP contribution in [0.4, 0.5) is 5.69 Å². The molecule has 0 saturated heterocycles. The van der Waals surface area contributed by atoms with Crippen molar-refractivity contribution in [3.05, 3.63) is 29.8 Å². The summed E-state index contributed by atoms with van der Waals surface area (Å²) in [7, 11) is 3.56. The Morgan fingerprint density at radius 1 is 1.17 bits per heavy atom. The summed E-state index contributed by atoms with van der Waals surface area (Å²) in [5.41, 5.74) is 1.69. The van der Waals surface area contributed by atoms with E-state index in [0.29, 0.717) is 0 Å². The van der Waals surface area contributed by atoms with E-state index in [1.54, 1.807) is 19.0 Å². The largest absolute Gasteiger partial charge is 0.384 e. The topological polar surface area (TPSA) is 32.3 Å². The molecule has 0 atom stereocenters. The van der Waals surface area contributed by atoms with Gasteiger partial charge >= 0.3 is 0 Å². The molecule has 0 aliphatic rings. The standard InChI is InChI=1S/C15H24N2O/c1-4-5-6-9-12-16-14-11-8-7-10-13(14)15(18)17(2)3/h7-8,10-11,16H,4-6,9,12H2,1-3H3. The van der Waals surface area contributed by atoms with E-state index in [9.17, 15) is 4.79 Å². The number of hydrogen-bond acceptors (Lipinski definition) is 2. The highest BCUT2D eigenvalue weighted by molar-refractivity contribution is 5.99. The molecule has 0 spiro atoms. The van der Waals surface area contributed by atoms with Crippen LogP contribution in [0.5, 0.6) is 0 Å². The van der Waals surface area contributed by atoms with Crippen molar-refractivity contribution in [3.8, 4) is 0 Å². The highest BCUT2D eigenvalue weighted by Crippen LogP contribution is 2.16. The lowest BCUT2D eigenvalue weighted by Crippen LogP contribution is -2.23. The monoisotopic (exact) mass is 248 g/mol. The van der Waals surface area contributed by atoms with Crippen LogP contribution in [0.1, 0.15) is 43.0 Å². The Kier molecular flexibility index (Phi) is 6.26. The molecule has 3 heteroatoms. The van der Waals surface area contributed by atoms with E-state index in [2.05, 4.69) is 12.2 Å². The Labute approximate surface area is 110 Å². The quantitative estimate of drug-likeness (QED) is 0.750. The van der Waals surface area contributed by atoms with Gasteiger partial charge in [-0.05, 0) is 18.6 Å². The summed E-state index contributed by atoms with van der Waals surface area (Å²) < 4.78 is 0. The average Bonchev–Trinajstić information content (AvgIpc) is 2.38. The van der Waals surface area contributed by atoms with Gasteiger partial charge in [-0.3, -0.25) is 4.79 Å². The van der Waals surface area contributed by atoms with Crippen molar-refractivity contribution in [2.45, 2.75) is 32.6 Å². The van der Waals surface area contributed by atoms with Crippen molar-refractivity contribution >= 4 is 11.6 Å². The molecule has 0 saturated carbocycles. The van der Waals surface area contributed by atoms with Gasteiger partial charge in [0.2, 0.25) is 0 Å². The van der Waals surface area contributed by atoms with Gasteiger partial charge in [-0.25, -0.2) is 0 Å². The molecule has 0 aliphatic heterocycles. The van der Waals surface area contributed by atoms with Gasteiger partial charge in [0.15, 0.2) is 0 Å². The third-order valence-electron chi connectivity index (χ3n) is 2.91. The zero-order valence-electron chi connectivity index (χ0n) is 11.7. The fourth-order valence-corrected chi connectivity index (χ4v) is 1.84. The number of unbranched alkanes of at least 4 members (excludes halogenated alkanes) is 3. The number of carbonyl (C=O) groups excluding carboxylic acids is 1. The smallest absolute Gasteiger partial charge is 0.255 e. The second-order valence-electron chi connectivity index (χ2n) is 4.73. The van der Waals surface area contributed by atoms with Crippen LogP contribution in [0, 0.1) is 0 Å². The lowest BCUT2D eigenvalue weighted by Gasteiger charge is -2.15. The zero-order valence-corrected chi connectivity index (χ0v) is 11.7. The van der Waals surface area contributed by atoms with E-state index in [1.807, 2.05) is 24.3 Å². The Morgan fingerprint density at radius 3 is 2.56 bits per heavy atom. The van der Waals surface area contributed by atoms with Gasteiger partial charge in [0.05, 0.1) is 5.56 Å². The molecular formula is C15H24N2O. The Balaban J connectivity index is 2.57. The lowest BCUT2D eigenvalue weighted by molar-refractivity contribution is 0.0828. The molecule has 0 fully saturated rings. The summed E-state index contributed by atoms with van der Waals surface area (Å²) >= 11 is 0. The normalized spacial score (nSPS) is 10.2. The number of nitrogens with zero attached hydrogens (tertiary/aromatic N) is 1. The van der Waals surface area contributed by atoms with E-state index in [-0.39, 0.29) is 5.91 Å². The van der Waals surface area contributed by atoms with Gasteiger partial charge in [-0.2, -0.15) is 0 Å². The first-order chi connectivity index (χ1) is 8.66. The molecule has 0 aromatic heterocycles. The Bertz CT molecular complexity index is 375. The predicted octanol–water partition coefficient (Wildman–Crippen LogP) is 3.38. The van der Waals surface area contributed by atoms with Crippen LogP contribution in [0.2, 0.25) is 0 Å². The van der Waals surface area contributed by atoms with E-state index in [4.69, 9.17) is 0 Å². The lowest BCUT2D eigenvalue weighted by atomic mass is 10.1. The number of anilines is 1. The summed E-state index contributed by atoms with van der Waals surface area (Å²) in [4.78, 5) is 13.6. The van der Waals surface area contributed by atoms with Gasteiger partial charge in [0.25, 0.3) is 5.91 Å². The van der Waals surface area contributed by atoms with Gasteiger partial charge in [-0.1, -0.05) is 38.3 Å². The summed E-state index contributed by atoms with van der Waals surface area (Å²) in [5, 5.41) is 3.36. The number of rotatable bonds is 7. The van der Waals surface area contributed by atoms with Crippen LogP contribution in [-0.2, 0) is 0 Å². The highest BCUT2D eigenvalue weighted by atomic mass is 16.2. The maximum Gasteiger partial charge on any atom is 0.255 e. The maximum atomic E-state index is 12.0. The fraction of sp³-hybridized carbons (Fsp3) is 0.533. The molecule has 1 aromatic rings. The summed E-state index contributed by atoms with van der Waals surface area (Å²) in [6.07, 6.45) is 4.92. The predicted molar refractivity (Wildman–Crippen MR) is 77.1 cm³/mol. The van der Waals surface area contributed by atoms with Gasteiger partial charge in [0, 0.05) is 26.3 Å². The second kappa shape index (κ2) is 7.75. The van der Waals surface area contributed by atoms with Gasteiger partial charge < -0.3 is 10.2 Å². The molecule has 1 N–H and O–H groups in total. The fourth-order valence-electron chi connectivity index (χ4n) is 1.84. The molecule has 1 aromatic carbocycles. The molecule has 0 heterocycles. The highest BCUT2D eigenvalue weighted by Gasteiger charge is 2.11. The van der Waals surface area contributed by atoms with Crippen molar-refractivity contribution < 1.29 is 4.79 Å². The Hall–Kier alpha value is -1.51. The molecule has 0 bridgehead atoms. The van der Waals surface area contributed by atoms with Crippen molar-refractivity contribution in [2.75, 3.05) is 26.0 Å². The molecule has 1 rings (SSSR count). The van der Waals surface area contributed by atoms with Crippen molar-refractivity contribution in [1.82, 2.24) is 4.90 Å². The van der Waals surface area contributed by atoms with E-state index >= 15 is 0 Å². The first-order valence-electron chi connectivity index (χ1n) is 6.71. The van der Waals surface area contributed by atoms with Crippen LogP contribution < -0.4 is 5.32 Å². The van der Waals surface area contributed by atoms with Gasteiger partial charge in [-0.15, -0.1) is 0 Å². The molecule has 1 amide bonds. The van der Waals surface area contributed by atoms with Crippen LogP contribution in [0.3, 0.4) is 0 Å². The number of para-hydroxylation sites is 1. The van der Waals surface area contributed by atoms with E-state index in [0.717, 1.165) is 24.2 Å². The van der Waals surface area contributed by atoms with Crippen LogP contribution in [0.25, 0.3) is 0 Å². The van der Waals surface area contributed by atoms with Crippen LogP contribution in [0.15, 0.2) is 24.3 Å². The van der Waals surface area contributed by atoms with Crippen molar-refractivity contribution in [1.29, 1.82) is 0 Å². The van der Waals surface area contributed by atoms with E-state index < -0.39 is 0 Å². The van der Waals surface area contributed by atoms with Crippen LogP contribution in [-0.4, -0.2) is 31.4 Å². The minimum atomic E-state index is 0.0478. The minimum Gasteiger partial charge on any atom is -0.384 e. The zero-order chi connectivity index (χ0) is 13.4. The second-order valence-corrected chi connectivity index (χ2v) is 4.73. The maximum absolute atomic E-state index is 12.0. The van der Waals surface area contributed by atoms with Crippen molar-refractivity contribution in [3.63, 3.8) is 0 Å². The number of nitrogens with one attached hydrogen (secondary N) is 1. The first-order valence-corrected chi connectivity index (χ1v) is 6.71. The molecule has 3 nitrogen and oxygen atoms in total. The SMILES string of the molecule is CCCCCCNc1ccccc1C(=O)N(C)C. The molecule has 0 aliphatic carbocycles.